The number of carbonyl (C=O) groups is 1. The second-order valence-electron chi connectivity index (χ2n) is 5.10. The third kappa shape index (κ3) is 3.03. The summed E-state index contributed by atoms with van der Waals surface area (Å²) >= 11 is 6.05. The molecule has 2 amide bonds. The molecule has 1 aliphatic heterocycles. The van der Waals surface area contributed by atoms with Gasteiger partial charge in [-0.05, 0) is 25.1 Å². The largest absolute Gasteiger partial charge is 0.495 e. The molecule has 0 bridgehead atoms. The van der Waals surface area contributed by atoms with Crippen molar-refractivity contribution in [1.82, 2.24) is 9.88 Å². The SMILES string of the molecule is CCN1Cc2c(Nc3ccc(Cl)c(OC)c3)ccnc2NC1=O. The van der Waals surface area contributed by atoms with Crippen molar-refractivity contribution < 1.29 is 9.53 Å². The van der Waals surface area contributed by atoms with E-state index in [1.165, 1.54) is 0 Å². The molecule has 1 aromatic carbocycles. The number of hydrogen-bond acceptors (Lipinski definition) is 4. The van der Waals surface area contributed by atoms with Crippen LogP contribution < -0.4 is 15.4 Å². The number of benzene rings is 1. The van der Waals surface area contributed by atoms with Crippen LogP contribution in [0.25, 0.3) is 0 Å². The number of hydrogen-bond donors (Lipinski definition) is 2. The first-order valence-corrected chi connectivity index (χ1v) is 7.64. The molecule has 2 N–H and O–H groups in total. The quantitative estimate of drug-likeness (QED) is 0.892. The highest BCUT2D eigenvalue weighted by molar-refractivity contribution is 6.32. The first kappa shape index (κ1) is 15.4. The number of pyridine rings is 1. The van der Waals surface area contributed by atoms with Crippen molar-refractivity contribution in [3.8, 4) is 5.75 Å². The number of halogens is 1. The van der Waals surface area contributed by atoms with Gasteiger partial charge in [-0.1, -0.05) is 11.6 Å². The van der Waals surface area contributed by atoms with Crippen LogP contribution in [-0.2, 0) is 6.54 Å². The second kappa shape index (κ2) is 6.34. The summed E-state index contributed by atoms with van der Waals surface area (Å²) in [6.07, 6.45) is 1.66. The summed E-state index contributed by atoms with van der Waals surface area (Å²) in [6.45, 7) is 3.09. The number of nitrogens with one attached hydrogen (secondary N) is 2. The lowest BCUT2D eigenvalue weighted by molar-refractivity contribution is 0.209. The van der Waals surface area contributed by atoms with Crippen molar-refractivity contribution >= 4 is 34.8 Å². The number of amides is 2. The fraction of sp³-hybridized carbons (Fsp3) is 0.250. The van der Waals surface area contributed by atoms with E-state index in [2.05, 4.69) is 15.6 Å². The van der Waals surface area contributed by atoms with Crippen LogP contribution in [0.3, 0.4) is 0 Å². The third-order valence-electron chi connectivity index (χ3n) is 3.73. The Morgan fingerprint density at radius 2 is 2.26 bits per heavy atom. The normalized spacial score (nSPS) is 13.3. The van der Waals surface area contributed by atoms with E-state index in [9.17, 15) is 4.79 Å². The van der Waals surface area contributed by atoms with Crippen molar-refractivity contribution in [2.45, 2.75) is 13.5 Å². The summed E-state index contributed by atoms with van der Waals surface area (Å²) in [5, 5.41) is 6.70. The van der Waals surface area contributed by atoms with E-state index in [1.54, 1.807) is 24.3 Å². The molecule has 0 fully saturated rings. The Bertz CT molecular complexity index is 751. The van der Waals surface area contributed by atoms with Gasteiger partial charge in [-0.2, -0.15) is 0 Å². The zero-order valence-electron chi connectivity index (χ0n) is 12.9. The van der Waals surface area contributed by atoms with E-state index in [1.807, 2.05) is 25.1 Å². The predicted octanol–water partition coefficient (Wildman–Crippen LogP) is 3.85. The van der Waals surface area contributed by atoms with Crippen molar-refractivity contribution in [3.63, 3.8) is 0 Å². The number of anilines is 3. The molecule has 3 rings (SSSR count). The van der Waals surface area contributed by atoms with Crippen molar-refractivity contribution in [2.24, 2.45) is 0 Å². The van der Waals surface area contributed by atoms with Crippen LogP contribution in [0.5, 0.6) is 5.75 Å². The number of nitrogens with zero attached hydrogens (tertiary/aromatic N) is 2. The van der Waals surface area contributed by atoms with Crippen LogP contribution in [0.1, 0.15) is 12.5 Å². The molecule has 23 heavy (non-hydrogen) atoms. The van der Waals surface area contributed by atoms with Gasteiger partial charge in [0.05, 0.1) is 18.7 Å². The van der Waals surface area contributed by atoms with Gasteiger partial charge in [0.2, 0.25) is 0 Å². The third-order valence-corrected chi connectivity index (χ3v) is 4.04. The molecule has 7 heteroatoms. The first-order chi connectivity index (χ1) is 11.1. The second-order valence-corrected chi connectivity index (χ2v) is 5.51. The monoisotopic (exact) mass is 332 g/mol. The Balaban J connectivity index is 1.93. The van der Waals surface area contributed by atoms with Crippen molar-refractivity contribution in [3.05, 3.63) is 41.0 Å². The number of urea groups is 1. The van der Waals surface area contributed by atoms with Crippen LogP contribution in [0.4, 0.5) is 22.0 Å². The molecule has 0 atom stereocenters. The van der Waals surface area contributed by atoms with E-state index in [-0.39, 0.29) is 6.03 Å². The Kier molecular flexibility index (Phi) is 4.25. The summed E-state index contributed by atoms with van der Waals surface area (Å²) in [7, 11) is 1.58. The predicted molar refractivity (Wildman–Crippen MR) is 90.6 cm³/mol. The number of fused-ring (bicyclic) bond motifs is 1. The summed E-state index contributed by atoms with van der Waals surface area (Å²) in [4.78, 5) is 17.9. The highest BCUT2D eigenvalue weighted by atomic mass is 35.5. The van der Waals surface area contributed by atoms with E-state index >= 15 is 0 Å². The Hall–Kier alpha value is -2.47. The zero-order valence-corrected chi connectivity index (χ0v) is 13.6. The molecule has 0 aliphatic carbocycles. The first-order valence-electron chi connectivity index (χ1n) is 7.26. The average Bonchev–Trinajstić information content (AvgIpc) is 2.56. The molecule has 0 spiro atoms. The minimum Gasteiger partial charge on any atom is -0.495 e. The Morgan fingerprint density at radius 1 is 1.43 bits per heavy atom. The molecule has 0 saturated heterocycles. The smallest absolute Gasteiger partial charge is 0.323 e. The van der Waals surface area contributed by atoms with Crippen molar-refractivity contribution in [2.75, 3.05) is 24.3 Å². The lowest BCUT2D eigenvalue weighted by Crippen LogP contribution is -2.39. The summed E-state index contributed by atoms with van der Waals surface area (Å²) in [5.41, 5.74) is 2.68. The van der Waals surface area contributed by atoms with Gasteiger partial charge in [-0.15, -0.1) is 0 Å². The van der Waals surface area contributed by atoms with E-state index in [0.717, 1.165) is 16.9 Å². The van der Waals surface area contributed by atoms with Crippen LogP contribution in [-0.4, -0.2) is 29.6 Å². The van der Waals surface area contributed by atoms with Gasteiger partial charge in [0, 0.05) is 35.7 Å². The summed E-state index contributed by atoms with van der Waals surface area (Å²) in [6, 6.07) is 7.23. The minimum atomic E-state index is -0.127. The highest BCUT2D eigenvalue weighted by Crippen LogP contribution is 2.33. The number of carbonyl (C=O) groups excluding carboxylic acids is 1. The molecule has 1 aromatic heterocycles. The summed E-state index contributed by atoms with van der Waals surface area (Å²) < 4.78 is 5.23. The number of aromatic nitrogens is 1. The Morgan fingerprint density at radius 3 is 3.00 bits per heavy atom. The van der Waals surface area contributed by atoms with Gasteiger partial charge in [0.15, 0.2) is 0 Å². The number of methoxy groups -OCH3 is 1. The number of ether oxygens (including phenoxy) is 1. The van der Waals surface area contributed by atoms with E-state index in [0.29, 0.717) is 29.7 Å². The van der Waals surface area contributed by atoms with Gasteiger partial charge in [0.1, 0.15) is 11.6 Å². The van der Waals surface area contributed by atoms with Gasteiger partial charge in [-0.25, -0.2) is 9.78 Å². The van der Waals surface area contributed by atoms with Crippen LogP contribution in [0, 0.1) is 0 Å². The lowest BCUT2D eigenvalue weighted by atomic mass is 10.1. The lowest BCUT2D eigenvalue weighted by Gasteiger charge is -2.29. The van der Waals surface area contributed by atoms with Crippen LogP contribution in [0.2, 0.25) is 5.02 Å². The summed E-state index contributed by atoms with van der Waals surface area (Å²) in [5.74, 6) is 1.19. The molecule has 0 unspecified atom stereocenters. The molecular weight excluding hydrogens is 316 g/mol. The van der Waals surface area contributed by atoms with E-state index < -0.39 is 0 Å². The molecule has 2 aromatic rings. The standard InChI is InChI=1S/C16H17ClN4O2/c1-3-21-9-11-13(6-7-18-15(11)20-16(21)22)19-10-4-5-12(17)14(8-10)23-2/h4-8H,3,9H2,1-2H3,(H2,18,19,20,22). The molecule has 0 radical (unpaired) electrons. The fourth-order valence-electron chi connectivity index (χ4n) is 2.47. The topological polar surface area (TPSA) is 66.5 Å². The van der Waals surface area contributed by atoms with Crippen LogP contribution in [0.15, 0.2) is 30.5 Å². The fourth-order valence-corrected chi connectivity index (χ4v) is 2.66. The highest BCUT2D eigenvalue weighted by Gasteiger charge is 2.24. The van der Waals surface area contributed by atoms with Crippen molar-refractivity contribution in [1.29, 1.82) is 0 Å². The van der Waals surface area contributed by atoms with Gasteiger partial charge in [0.25, 0.3) is 0 Å². The Labute approximate surface area is 139 Å². The van der Waals surface area contributed by atoms with Gasteiger partial charge >= 0.3 is 6.03 Å². The minimum absolute atomic E-state index is 0.127. The molecule has 0 saturated carbocycles. The zero-order chi connectivity index (χ0) is 16.4. The molecule has 1 aliphatic rings. The average molecular weight is 333 g/mol. The van der Waals surface area contributed by atoms with Crippen LogP contribution >= 0.6 is 11.6 Å². The van der Waals surface area contributed by atoms with Gasteiger partial charge in [-0.3, -0.25) is 5.32 Å². The molecule has 2 heterocycles. The maximum atomic E-state index is 11.9. The maximum absolute atomic E-state index is 11.9. The molecule has 120 valence electrons. The molecular formula is C16H17ClN4O2. The van der Waals surface area contributed by atoms with E-state index in [4.69, 9.17) is 16.3 Å². The maximum Gasteiger partial charge on any atom is 0.323 e. The number of rotatable bonds is 4. The molecule has 6 nitrogen and oxygen atoms in total. The van der Waals surface area contributed by atoms with Gasteiger partial charge < -0.3 is 15.0 Å².